The molecule has 0 radical (unpaired) electrons. The van der Waals surface area contributed by atoms with Gasteiger partial charge in [-0.25, -0.2) is 0 Å². The Morgan fingerprint density at radius 3 is 2.73 bits per heavy atom. The second kappa shape index (κ2) is 4.14. The van der Waals surface area contributed by atoms with Gasteiger partial charge in [-0.3, -0.25) is 0 Å². The fourth-order valence-electron chi connectivity index (χ4n) is 0.653. The van der Waals surface area contributed by atoms with Crippen LogP contribution >= 0.6 is 31.7 Å². The van der Waals surface area contributed by atoms with E-state index in [2.05, 4.69) is 31.7 Å². The second-order valence-electron chi connectivity index (χ2n) is 1.87. The minimum Gasteiger partial charge on any atom is -0.527 e. The summed E-state index contributed by atoms with van der Waals surface area (Å²) in [7, 11) is 0. The highest BCUT2D eigenvalue weighted by atomic mass is 79.9. The zero-order chi connectivity index (χ0) is 8.27. The van der Waals surface area contributed by atoms with Gasteiger partial charge in [0.15, 0.2) is 0 Å². The van der Waals surface area contributed by atoms with Gasteiger partial charge in [-0.05, 0) is 18.2 Å². The fraction of sp³-hybridized carbons (Fsp3) is 0. The van der Waals surface area contributed by atoms with Crippen molar-refractivity contribution >= 4 is 37.6 Å². The molecule has 5 heteroatoms. The molecule has 0 fully saturated rings. The molecular weight excluding hydrogens is 275 g/mol. The van der Waals surface area contributed by atoms with Gasteiger partial charge in [0.1, 0.15) is 5.75 Å². The largest absolute Gasteiger partial charge is 0.605 e. The Kier molecular flexibility index (Phi) is 3.42. The Morgan fingerprint density at radius 1 is 1.45 bits per heavy atom. The quantitative estimate of drug-likeness (QED) is 0.841. The average molecular weight is 280 g/mol. The van der Waals surface area contributed by atoms with Gasteiger partial charge < -0.3 is 9.68 Å². The van der Waals surface area contributed by atoms with E-state index in [4.69, 9.17) is 9.68 Å². The van der Waals surface area contributed by atoms with Crippen LogP contribution in [-0.4, -0.2) is 11.0 Å². The first-order valence-corrected chi connectivity index (χ1v) is 4.64. The van der Waals surface area contributed by atoms with Gasteiger partial charge in [0.2, 0.25) is 0 Å². The van der Waals surface area contributed by atoms with Gasteiger partial charge in [-0.1, -0.05) is 37.8 Å². The molecule has 2 nitrogen and oxygen atoms in total. The highest BCUT2D eigenvalue weighted by Crippen LogP contribution is 2.18. The van der Waals surface area contributed by atoms with E-state index in [0.717, 1.165) is 4.47 Å². The van der Waals surface area contributed by atoms with E-state index in [-0.39, 0.29) is 0 Å². The van der Waals surface area contributed by atoms with Gasteiger partial charge >= 0.3 is 5.94 Å². The zero-order valence-corrected chi connectivity index (χ0v) is 8.67. The lowest BCUT2D eigenvalue weighted by Crippen LogP contribution is -2.11. The topological polar surface area (TPSA) is 29.5 Å². The predicted molar refractivity (Wildman–Crippen MR) is 51.7 cm³/mol. The summed E-state index contributed by atoms with van der Waals surface area (Å²) in [5.41, 5.74) is 0. The van der Waals surface area contributed by atoms with Crippen LogP contribution in [0.4, 0.5) is 0 Å². The van der Waals surface area contributed by atoms with Crippen LogP contribution in [0.5, 0.6) is 5.75 Å². The van der Waals surface area contributed by atoms with Crippen molar-refractivity contribution in [2.75, 3.05) is 0 Å². The lowest BCUT2D eigenvalue weighted by Gasteiger charge is -2.03. The average Bonchev–Trinajstić information content (AvgIpc) is 1.85. The SMILES string of the molecule is OB(Br)Oc1cccc(Br)c1. The third-order valence-corrected chi connectivity index (χ3v) is 1.71. The highest BCUT2D eigenvalue weighted by molar-refractivity contribution is 9.24. The lowest BCUT2D eigenvalue weighted by atomic mass is 10.3. The van der Waals surface area contributed by atoms with Gasteiger partial charge in [0, 0.05) is 4.47 Å². The molecule has 0 aliphatic heterocycles. The molecule has 0 heterocycles. The summed E-state index contributed by atoms with van der Waals surface area (Å²) in [6, 6.07) is 7.24. The van der Waals surface area contributed by atoms with Crippen molar-refractivity contribution < 1.29 is 9.68 Å². The molecule has 0 saturated heterocycles. The van der Waals surface area contributed by atoms with Crippen molar-refractivity contribution in [1.82, 2.24) is 0 Å². The van der Waals surface area contributed by atoms with E-state index in [9.17, 15) is 0 Å². The first-order valence-electron chi connectivity index (χ1n) is 2.93. The number of rotatable bonds is 2. The van der Waals surface area contributed by atoms with E-state index < -0.39 is 5.94 Å². The molecule has 1 N–H and O–H groups in total. The minimum atomic E-state index is -0.947. The van der Waals surface area contributed by atoms with E-state index in [1.54, 1.807) is 12.1 Å². The smallest absolute Gasteiger partial charge is 0.527 e. The maximum Gasteiger partial charge on any atom is 0.605 e. The molecule has 0 saturated carbocycles. The first kappa shape index (κ1) is 9.10. The summed E-state index contributed by atoms with van der Waals surface area (Å²) < 4.78 is 5.86. The number of halogens is 2. The molecule has 0 aromatic heterocycles. The normalized spacial score (nSPS) is 9.36. The zero-order valence-electron chi connectivity index (χ0n) is 5.50. The molecule has 0 amide bonds. The molecule has 0 aliphatic carbocycles. The summed E-state index contributed by atoms with van der Waals surface area (Å²) in [6.07, 6.45) is 0. The molecule has 0 atom stereocenters. The van der Waals surface area contributed by atoms with Crippen molar-refractivity contribution in [1.29, 1.82) is 0 Å². The van der Waals surface area contributed by atoms with Crippen LogP contribution in [0.25, 0.3) is 0 Å². The minimum absolute atomic E-state index is 0.615. The Labute approximate surface area is 81.8 Å². The number of hydrogen-bond acceptors (Lipinski definition) is 2. The summed E-state index contributed by atoms with van der Waals surface area (Å²) in [5.74, 6) is -0.333. The Morgan fingerprint density at radius 2 is 2.18 bits per heavy atom. The molecule has 58 valence electrons. The predicted octanol–water partition coefficient (Wildman–Crippen LogP) is 2.20. The van der Waals surface area contributed by atoms with Crippen molar-refractivity contribution in [3.05, 3.63) is 28.7 Å². The van der Waals surface area contributed by atoms with Crippen LogP contribution in [-0.2, 0) is 0 Å². The maximum absolute atomic E-state index is 8.78. The van der Waals surface area contributed by atoms with E-state index in [0.29, 0.717) is 5.75 Å². The van der Waals surface area contributed by atoms with Crippen LogP contribution in [0.15, 0.2) is 28.7 Å². The van der Waals surface area contributed by atoms with Crippen LogP contribution in [0, 0.1) is 0 Å². The van der Waals surface area contributed by atoms with Gasteiger partial charge in [-0.2, -0.15) is 0 Å². The third-order valence-electron chi connectivity index (χ3n) is 1.03. The van der Waals surface area contributed by atoms with E-state index in [1.165, 1.54) is 0 Å². The van der Waals surface area contributed by atoms with Crippen molar-refractivity contribution in [2.24, 2.45) is 0 Å². The van der Waals surface area contributed by atoms with Crippen molar-refractivity contribution in [3.8, 4) is 5.75 Å². The summed E-state index contributed by atoms with van der Waals surface area (Å²) in [6.45, 7) is 0. The standard InChI is InChI=1S/C6H5BBr2O2/c8-5-2-1-3-6(4-5)11-7(9)10/h1-4,10H. The molecule has 1 rings (SSSR count). The van der Waals surface area contributed by atoms with E-state index in [1.807, 2.05) is 12.1 Å². The van der Waals surface area contributed by atoms with Crippen molar-refractivity contribution in [3.63, 3.8) is 0 Å². The Balaban J connectivity index is 2.71. The molecule has 11 heavy (non-hydrogen) atoms. The summed E-state index contributed by atoms with van der Waals surface area (Å²) in [5, 5.41) is 8.78. The number of hydrogen-bond donors (Lipinski definition) is 1. The second-order valence-corrected chi connectivity index (χ2v) is 3.57. The van der Waals surface area contributed by atoms with E-state index >= 15 is 0 Å². The first-order chi connectivity index (χ1) is 5.18. The third kappa shape index (κ3) is 3.27. The van der Waals surface area contributed by atoms with Crippen LogP contribution < -0.4 is 4.65 Å². The van der Waals surface area contributed by atoms with Gasteiger partial charge in [-0.15, -0.1) is 0 Å². The lowest BCUT2D eigenvalue weighted by molar-refractivity contribution is 0.446. The molecule has 1 aromatic carbocycles. The number of benzene rings is 1. The van der Waals surface area contributed by atoms with Crippen LogP contribution in [0.3, 0.4) is 0 Å². The van der Waals surface area contributed by atoms with Gasteiger partial charge in [0.25, 0.3) is 0 Å². The fourth-order valence-corrected chi connectivity index (χ4v) is 1.25. The molecule has 0 spiro atoms. The van der Waals surface area contributed by atoms with Crippen LogP contribution in [0.1, 0.15) is 0 Å². The van der Waals surface area contributed by atoms with Gasteiger partial charge in [0.05, 0.1) is 0 Å². The summed E-state index contributed by atoms with van der Waals surface area (Å²) in [4.78, 5) is 0. The Bertz CT molecular complexity index is 242. The molecule has 0 unspecified atom stereocenters. The monoisotopic (exact) mass is 278 g/mol. The molecule has 0 aliphatic rings. The van der Waals surface area contributed by atoms with Crippen LogP contribution in [0.2, 0.25) is 0 Å². The maximum atomic E-state index is 8.78. The molecule has 1 aromatic rings. The summed E-state index contributed by atoms with van der Waals surface area (Å²) >= 11 is 6.13. The molecular formula is C6H5BBr2O2. The Hall–Kier alpha value is 0.00494. The highest BCUT2D eigenvalue weighted by Gasteiger charge is 2.08. The van der Waals surface area contributed by atoms with Crippen molar-refractivity contribution in [2.45, 2.75) is 0 Å². The molecule has 0 bridgehead atoms.